The van der Waals surface area contributed by atoms with Gasteiger partial charge in [0.15, 0.2) is 0 Å². The predicted octanol–water partition coefficient (Wildman–Crippen LogP) is 1.32. The predicted molar refractivity (Wildman–Crippen MR) is 75.4 cm³/mol. The zero-order chi connectivity index (χ0) is 13.8. The van der Waals surface area contributed by atoms with Crippen molar-refractivity contribution in [1.29, 1.82) is 0 Å². The highest BCUT2D eigenvalue weighted by Gasteiger charge is 2.09. The number of imidazole rings is 1. The molecule has 0 saturated heterocycles. The van der Waals surface area contributed by atoms with E-state index in [-0.39, 0.29) is 5.91 Å². The van der Waals surface area contributed by atoms with E-state index in [2.05, 4.69) is 15.2 Å². The van der Waals surface area contributed by atoms with Gasteiger partial charge in [-0.15, -0.1) is 0 Å². The van der Waals surface area contributed by atoms with Gasteiger partial charge in [0.2, 0.25) is 0 Å². The van der Waals surface area contributed by atoms with Crippen LogP contribution in [0.25, 0.3) is 5.65 Å². The molecule has 2 aromatic rings. The van der Waals surface area contributed by atoms with Gasteiger partial charge in [0, 0.05) is 18.9 Å². The topological polar surface area (TPSA) is 49.6 Å². The molecular weight excluding hydrogens is 240 g/mol. The van der Waals surface area contributed by atoms with Gasteiger partial charge < -0.3 is 14.6 Å². The molecule has 2 aromatic heterocycles. The average Bonchev–Trinajstić information content (AvgIpc) is 2.77. The minimum absolute atomic E-state index is 0.111. The summed E-state index contributed by atoms with van der Waals surface area (Å²) in [6.07, 6.45) is 4.61. The lowest BCUT2D eigenvalue weighted by molar-refractivity contribution is 0.0948. The minimum Gasteiger partial charge on any atom is -0.351 e. The second kappa shape index (κ2) is 5.84. The van der Waals surface area contributed by atoms with E-state index in [1.54, 1.807) is 6.20 Å². The summed E-state index contributed by atoms with van der Waals surface area (Å²) >= 11 is 0. The van der Waals surface area contributed by atoms with Gasteiger partial charge in [-0.05, 0) is 51.7 Å². The largest absolute Gasteiger partial charge is 0.351 e. The number of nitrogens with zero attached hydrogens (tertiary/aromatic N) is 3. The Labute approximate surface area is 113 Å². The van der Waals surface area contributed by atoms with E-state index in [0.717, 1.165) is 24.2 Å². The summed E-state index contributed by atoms with van der Waals surface area (Å²) < 4.78 is 1.86. The maximum Gasteiger partial charge on any atom is 0.271 e. The molecule has 0 saturated carbocycles. The Hall–Kier alpha value is -1.88. The van der Waals surface area contributed by atoms with Crippen LogP contribution in [-0.2, 0) is 0 Å². The standard InChI is InChI=1S/C14H20N4O/c1-11-5-8-18-10-12(16-13(18)9-11)14(19)15-6-4-7-17(2)3/h5,8-10H,4,6-7H2,1-3H3,(H,15,19). The van der Waals surface area contributed by atoms with Gasteiger partial charge in [-0.25, -0.2) is 4.98 Å². The number of hydrogen-bond donors (Lipinski definition) is 1. The number of carbonyl (C=O) groups is 1. The molecule has 0 aromatic carbocycles. The molecule has 5 heteroatoms. The Bertz CT molecular complexity index is 574. The number of pyridine rings is 1. The quantitative estimate of drug-likeness (QED) is 0.825. The fourth-order valence-electron chi connectivity index (χ4n) is 1.88. The molecule has 2 rings (SSSR count). The van der Waals surface area contributed by atoms with E-state index < -0.39 is 0 Å². The summed E-state index contributed by atoms with van der Waals surface area (Å²) in [4.78, 5) is 18.4. The maximum atomic E-state index is 11.9. The van der Waals surface area contributed by atoms with Gasteiger partial charge in [-0.1, -0.05) is 0 Å². The van der Waals surface area contributed by atoms with Crippen molar-refractivity contribution < 1.29 is 4.79 Å². The van der Waals surface area contributed by atoms with Crippen molar-refractivity contribution in [2.24, 2.45) is 0 Å². The van der Waals surface area contributed by atoms with Crippen LogP contribution in [0.3, 0.4) is 0 Å². The smallest absolute Gasteiger partial charge is 0.271 e. The van der Waals surface area contributed by atoms with Crippen molar-refractivity contribution >= 4 is 11.6 Å². The van der Waals surface area contributed by atoms with Gasteiger partial charge in [-0.3, -0.25) is 4.79 Å². The van der Waals surface area contributed by atoms with Crippen LogP contribution in [0.5, 0.6) is 0 Å². The van der Waals surface area contributed by atoms with E-state index >= 15 is 0 Å². The molecule has 0 radical (unpaired) electrons. The first kappa shape index (κ1) is 13.5. The second-order valence-electron chi connectivity index (χ2n) is 5.01. The number of aryl methyl sites for hydroxylation is 1. The molecule has 1 N–H and O–H groups in total. The molecule has 102 valence electrons. The lowest BCUT2D eigenvalue weighted by Gasteiger charge is -2.08. The number of aromatic nitrogens is 2. The van der Waals surface area contributed by atoms with Gasteiger partial charge in [-0.2, -0.15) is 0 Å². The van der Waals surface area contributed by atoms with Gasteiger partial charge in [0.25, 0.3) is 5.91 Å². The highest BCUT2D eigenvalue weighted by atomic mass is 16.1. The van der Waals surface area contributed by atoms with E-state index in [1.165, 1.54) is 0 Å². The number of rotatable bonds is 5. The first-order chi connectivity index (χ1) is 9.06. The van der Waals surface area contributed by atoms with E-state index in [1.807, 2.05) is 43.7 Å². The fourth-order valence-corrected chi connectivity index (χ4v) is 1.88. The summed E-state index contributed by atoms with van der Waals surface area (Å²) in [6, 6.07) is 3.95. The molecule has 0 bridgehead atoms. The second-order valence-corrected chi connectivity index (χ2v) is 5.01. The summed E-state index contributed by atoms with van der Waals surface area (Å²) in [6.45, 7) is 3.64. The first-order valence-electron chi connectivity index (χ1n) is 6.44. The molecular formula is C14H20N4O. The van der Waals surface area contributed by atoms with Crippen LogP contribution >= 0.6 is 0 Å². The van der Waals surface area contributed by atoms with E-state index in [4.69, 9.17) is 0 Å². The molecule has 0 aliphatic heterocycles. The molecule has 0 aliphatic carbocycles. The third-order valence-electron chi connectivity index (χ3n) is 2.92. The Morgan fingerprint density at radius 2 is 2.26 bits per heavy atom. The molecule has 0 unspecified atom stereocenters. The van der Waals surface area contributed by atoms with Crippen molar-refractivity contribution in [2.45, 2.75) is 13.3 Å². The third-order valence-corrected chi connectivity index (χ3v) is 2.92. The monoisotopic (exact) mass is 260 g/mol. The zero-order valence-electron chi connectivity index (χ0n) is 11.7. The van der Waals surface area contributed by atoms with Crippen LogP contribution in [-0.4, -0.2) is 47.4 Å². The summed E-state index contributed by atoms with van der Waals surface area (Å²) in [5, 5.41) is 2.89. The van der Waals surface area contributed by atoms with Crippen molar-refractivity contribution in [3.8, 4) is 0 Å². The van der Waals surface area contributed by atoms with E-state index in [9.17, 15) is 4.79 Å². The van der Waals surface area contributed by atoms with Gasteiger partial charge in [0.1, 0.15) is 11.3 Å². The summed E-state index contributed by atoms with van der Waals surface area (Å²) in [7, 11) is 4.04. The number of hydrogen-bond acceptors (Lipinski definition) is 3. The van der Waals surface area contributed by atoms with Gasteiger partial charge >= 0.3 is 0 Å². The Morgan fingerprint density at radius 3 is 3.00 bits per heavy atom. The normalized spacial score (nSPS) is 11.2. The first-order valence-corrected chi connectivity index (χ1v) is 6.44. The molecule has 1 amide bonds. The molecule has 19 heavy (non-hydrogen) atoms. The Kier molecular flexibility index (Phi) is 4.16. The molecule has 0 atom stereocenters. The molecule has 5 nitrogen and oxygen atoms in total. The van der Waals surface area contributed by atoms with Crippen LogP contribution in [0.15, 0.2) is 24.5 Å². The van der Waals surface area contributed by atoms with E-state index in [0.29, 0.717) is 12.2 Å². The Balaban J connectivity index is 1.97. The number of nitrogens with one attached hydrogen (secondary N) is 1. The van der Waals surface area contributed by atoms with Crippen molar-refractivity contribution in [3.63, 3.8) is 0 Å². The molecule has 0 fully saturated rings. The average molecular weight is 260 g/mol. The summed E-state index contributed by atoms with van der Waals surface area (Å²) in [5.41, 5.74) is 2.41. The van der Waals surface area contributed by atoms with Crippen LogP contribution in [0.1, 0.15) is 22.5 Å². The van der Waals surface area contributed by atoms with Crippen molar-refractivity contribution in [1.82, 2.24) is 19.6 Å². The van der Waals surface area contributed by atoms with Crippen LogP contribution in [0.4, 0.5) is 0 Å². The number of amides is 1. The minimum atomic E-state index is -0.111. The summed E-state index contributed by atoms with van der Waals surface area (Å²) in [5.74, 6) is -0.111. The highest BCUT2D eigenvalue weighted by Crippen LogP contribution is 2.07. The highest BCUT2D eigenvalue weighted by molar-refractivity contribution is 5.92. The van der Waals surface area contributed by atoms with Crippen LogP contribution in [0, 0.1) is 6.92 Å². The van der Waals surface area contributed by atoms with Crippen molar-refractivity contribution in [2.75, 3.05) is 27.2 Å². The third kappa shape index (κ3) is 3.54. The molecule has 2 heterocycles. The van der Waals surface area contributed by atoms with Gasteiger partial charge in [0.05, 0.1) is 0 Å². The number of carbonyl (C=O) groups excluding carboxylic acids is 1. The fraction of sp³-hybridized carbons (Fsp3) is 0.429. The van der Waals surface area contributed by atoms with Crippen LogP contribution < -0.4 is 5.32 Å². The maximum absolute atomic E-state index is 11.9. The van der Waals surface area contributed by atoms with Crippen molar-refractivity contribution in [3.05, 3.63) is 35.8 Å². The lowest BCUT2D eigenvalue weighted by Crippen LogP contribution is -2.27. The SMILES string of the molecule is Cc1ccn2cc(C(=O)NCCCN(C)C)nc2c1. The molecule has 0 spiro atoms. The molecule has 0 aliphatic rings. The van der Waals surface area contributed by atoms with Crippen LogP contribution in [0.2, 0.25) is 0 Å². The number of fused-ring (bicyclic) bond motifs is 1. The Morgan fingerprint density at radius 1 is 1.47 bits per heavy atom. The zero-order valence-corrected chi connectivity index (χ0v) is 11.7. The lowest BCUT2D eigenvalue weighted by atomic mass is 10.3.